The van der Waals surface area contributed by atoms with Crippen LogP contribution >= 0.6 is 0 Å². The zero-order valence-electron chi connectivity index (χ0n) is 12.4. The number of imidazole rings is 1. The maximum absolute atomic E-state index is 12.3. The summed E-state index contributed by atoms with van der Waals surface area (Å²) in [5.41, 5.74) is 0.987. The van der Waals surface area contributed by atoms with Gasteiger partial charge in [0.05, 0.1) is 12.2 Å². The molecule has 23 heavy (non-hydrogen) atoms. The van der Waals surface area contributed by atoms with E-state index in [9.17, 15) is 9.59 Å². The van der Waals surface area contributed by atoms with Gasteiger partial charge in [-0.15, -0.1) is 0 Å². The lowest BCUT2D eigenvalue weighted by atomic mass is 10.2. The summed E-state index contributed by atoms with van der Waals surface area (Å²) in [6.07, 6.45) is 4.74. The fraction of sp³-hybridized carbons (Fsp3) is 0.125. The second-order valence-electron chi connectivity index (χ2n) is 4.65. The number of hydrogen-bond donors (Lipinski definition) is 1. The van der Waals surface area contributed by atoms with Crippen molar-refractivity contribution < 1.29 is 14.3 Å². The largest absolute Gasteiger partial charge is 0.461 e. The molecule has 3 aromatic heterocycles. The fourth-order valence-corrected chi connectivity index (χ4v) is 2.13. The molecule has 3 aromatic rings. The average Bonchev–Trinajstić information content (AvgIpc) is 2.95. The van der Waals surface area contributed by atoms with Crippen LogP contribution in [0.1, 0.15) is 27.8 Å². The number of fused-ring (bicyclic) bond motifs is 1. The molecular formula is C16H14N4O3. The van der Waals surface area contributed by atoms with Gasteiger partial charge >= 0.3 is 5.97 Å². The molecule has 0 fully saturated rings. The molecule has 0 aliphatic heterocycles. The van der Waals surface area contributed by atoms with Crippen LogP contribution in [0.2, 0.25) is 0 Å². The summed E-state index contributed by atoms with van der Waals surface area (Å²) in [5.74, 6) is -0.695. The van der Waals surface area contributed by atoms with Crippen molar-refractivity contribution >= 4 is 23.3 Å². The monoisotopic (exact) mass is 310 g/mol. The lowest BCUT2D eigenvalue weighted by Crippen LogP contribution is -2.17. The molecule has 7 heteroatoms. The quantitative estimate of drug-likeness (QED) is 0.746. The van der Waals surface area contributed by atoms with E-state index >= 15 is 0 Å². The predicted octanol–water partition coefficient (Wildman–Crippen LogP) is 2.16. The summed E-state index contributed by atoms with van der Waals surface area (Å²) < 4.78 is 6.63. The number of nitrogens with zero attached hydrogens (tertiary/aromatic N) is 3. The highest BCUT2D eigenvalue weighted by atomic mass is 16.5. The summed E-state index contributed by atoms with van der Waals surface area (Å²) in [6, 6.07) is 8.61. The number of pyridine rings is 2. The zero-order valence-corrected chi connectivity index (χ0v) is 12.4. The highest BCUT2D eigenvalue weighted by molar-refractivity contribution is 6.07. The molecule has 7 nitrogen and oxygen atoms in total. The first kappa shape index (κ1) is 14.7. The molecule has 0 spiro atoms. The highest BCUT2D eigenvalue weighted by Gasteiger charge is 2.22. The number of rotatable bonds is 4. The molecule has 0 saturated heterocycles. The van der Waals surface area contributed by atoms with E-state index in [0.29, 0.717) is 11.2 Å². The van der Waals surface area contributed by atoms with E-state index in [1.807, 2.05) is 0 Å². The highest BCUT2D eigenvalue weighted by Crippen LogP contribution is 2.20. The van der Waals surface area contributed by atoms with Gasteiger partial charge in [0.2, 0.25) is 0 Å². The summed E-state index contributed by atoms with van der Waals surface area (Å²) in [6.45, 7) is 1.93. The zero-order chi connectivity index (χ0) is 16.2. The number of ether oxygens (including phenoxy) is 1. The van der Waals surface area contributed by atoms with Crippen molar-refractivity contribution in [2.45, 2.75) is 6.92 Å². The Morgan fingerprint density at radius 3 is 2.87 bits per heavy atom. The topological polar surface area (TPSA) is 85.6 Å². The number of carbonyl (C=O) groups excluding carboxylic acids is 2. The smallest absolute Gasteiger partial charge is 0.360 e. The Balaban J connectivity index is 2.02. The van der Waals surface area contributed by atoms with Gasteiger partial charge in [-0.2, -0.15) is 0 Å². The van der Waals surface area contributed by atoms with E-state index in [4.69, 9.17) is 4.74 Å². The maximum Gasteiger partial charge on any atom is 0.360 e. The summed E-state index contributed by atoms with van der Waals surface area (Å²) in [5, 5.41) is 2.71. The molecule has 0 radical (unpaired) electrons. The Morgan fingerprint density at radius 2 is 2.13 bits per heavy atom. The van der Waals surface area contributed by atoms with Gasteiger partial charge in [0.25, 0.3) is 5.91 Å². The van der Waals surface area contributed by atoms with Gasteiger partial charge in [-0.3, -0.25) is 14.2 Å². The lowest BCUT2D eigenvalue weighted by molar-refractivity contribution is 0.0521. The first-order valence-electron chi connectivity index (χ1n) is 7.06. The van der Waals surface area contributed by atoms with E-state index < -0.39 is 5.97 Å². The molecule has 0 saturated carbocycles. The SMILES string of the molecule is CCOC(=O)c1nc2ccccn2c1NC(=O)c1cccnc1. The second-order valence-corrected chi connectivity index (χ2v) is 4.65. The molecule has 3 heterocycles. The van der Waals surface area contributed by atoms with E-state index in [1.165, 1.54) is 6.20 Å². The van der Waals surface area contributed by atoms with Crippen molar-refractivity contribution in [1.82, 2.24) is 14.4 Å². The molecule has 0 aromatic carbocycles. The molecular weight excluding hydrogens is 296 g/mol. The van der Waals surface area contributed by atoms with Crippen LogP contribution < -0.4 is 5.32 Å². The van der Waals surface area contributed by atoms with Crippen molar-refractivity contribution in [3.8, 4) is 0 Å². The van der Waals surface area contributed by atoms with Crippen molar-refractivity contribution in [2.24, 2.45) is 0 Å². The van der Waals surface area contributed by atoms with Gasteiger partial charge in [0, 0.05) is 18.6 Å². The van der Waals surface area contributed by atoms with Crippen molar-refractivity contribution in [2.75, 3.05) is 11.9 Å². The van der Waals surface area contributed by atoms with Gasteiger partial charge < -0.3 is 10.1 Å². The van der Waals surface area contributed by atoms with E-state index in [0.717, 1.165) is 0 Å². The third kappa shape index (κ3) is 2.89. The van der Waals surface area contributed by atoms with Crippen LogP contribution in [0.5, 0.6) is 0 Å². The van der Waals surface area contributed by atoms with E-state index in [1.54, 1.807) is 54.0 Å². The molecule has 0 unspecified atom stereocenters. The van der Waals surface area contributed by atoms with Gasteiger partial charge in [-0.25, -0.2) is 9.78 Å². The van der Waals surface area contributed by atoms with Crippen LogP contribution in [-0.4, -0.2) is 32.9 Å². The van der Waals surface area contributed by atoms with Gasteiger partial charge in [-0.1, -0.05) is 6.07 Å². The third-order valence-corrected chi connectivity index (χ3v) is 3.15. The molecule has 1 N–H and O–H groups in total. The Labute approximate surface area is 131 Å². The Hall–Kier alpha value is -3.22. The summed E-state index contributed by atoms with van der Waals surface area (Å²) in [4.78, 5) is 32.6. The number of aromatic nitrogens is 3. The van der Waals surface area contributed by atoms with Crippen molar-refractivity contribution in [3.63, 3.8) is 0 Å². The van der Waals surface area contributed by atoms with Gasteiger partial charge in [-0.05, 0) is 31.2 Å². The standard InChI is InChI=1S/C16H14N4O3/c1-2-23-16(22)13-14(20-9-4-3-7-12(20)18-13)19-15(21)11-6-5-8-17-10-11/h3-10H,2H2,1H3,(H,19,21). The summed E-state index contributed by atoms with van der Waals surface area (Å²) >= 11 is 0. The predicted molar refractivity (Wildman–Crippen MR) is 83.3 cm³/mol. The minimum atomic E-state index is -0.585. The normalized spacial score (nSPS) is 10.5. The van der Waals surface area contributed by atoms with Crippen molar-refractivity contribution in [3.05, 3.63) is 60.2 Å². The summed E-state index contributed by atoms with van der Waals surface area (Å²) in [7, 11) is 0. The minimum Gasteiger partial charge on any atom is -0.461 e. The van der Waals surface area contributed by atoms with Gasteiger partial charge in [0.1, 0.15) is 5.65 Å². The van der Waals surface area contributed by atoms with Crippen LogP contribution in [-0.2, 0) is 4.74 Å². The molecule has 1 amide bonds. The average molecular weight is 310 g/mol. The number of nitrogens with one attached hydrogen (secondary N) is 1. The molecule has 3 rings (SSSR count). The van der Waals surface area contributed by atoms with Crippen LogP contribution in [0, 0.1) is 0 Å². The van der Waals surface area contributed by atoms with E-state index in [2.05, 4.69) is 15.3 Å². The number of hydrogen-bond acceptors (Lipinski definition) is 5. The van der Waals surface area contributed by atoms with Crippen LogP contribution in [0.4, 0.5) is 5.82 Å². The maximum atomic E-state index is 12.3. The van der Waals surface area contributed by atoms with Gasteiger partial charge in [0.15, 0.2) is 11.5 Å². The van der Waals surface area contributed by atoms with Crippen LogP contribution in [0.25, 0.3) is 5.65 Å². The van der Waals surface area contributed by atoms with Crippen molar-refractivity contribution in [1.29, 1.82) is 0 Å². The Bertz CT molecular complexity index is 858. The fourth-order valence-electron chi connectivity index (χ4n) is 2.13. The Kier molecular flexibility index (Phi) is 4.01. The minimum absolute atomic E-state index is 0.0651. The number of anilines is 1. The molecule has 0 aliphatic rings. The van der Waals surface area contributed by atoms with Crippen LogP contribution in [0.15, 0.2) is 48.9 Å². The molecule has 0 aliphatic carbocycles. The Morgan fingerprint density at radius 1 is 1.26 bits per heavy atom. The first-order chi connectivity index (χ1) is 11.2. The molecule has 0 bridgehead atoms. The lowest BCUT2D eigenvalue weighted by Gasteiger charge is -2.07. The second kappa shape index (κ2) is 6.27. The third-order valence-electron chi connectivity index (χ3n) is 3.15. The molecule has 0 atom stereocenters. The van der Waals surface area contributed by atoms with Crippen LogP contribution in [0.3, 0.4) is 0 Å². The first-order valence-corrected chi connectivity index (χ1v) is 7.06. The van der Waals surface area contributed by atoms with E-state index in [-0.39, 0.29) is 24.0 Å². The number of esters is 1. The number of amides is 1. The molecule has 116 valence electrons. The number of carbonyl (C=O) groups is 2.